The van der Waals surface area contributed by atoms with E-state index >= 15 is 0 Å². The highest BCUT2D eigenvalue weighted by molar-refractivity contribution is 5.93. The van der Waals surface area contributed by atoms with Gasteiger partial charge >= 0.3 is 6.03 Å². The first kappa shape index (κ1) is 12.3. The van der Waals surface area contributed by atoms with Crippen molar-refractivity contribution < 1.29 is 9.59 Å². The van der Waals surface area contributed by atoms with E-state index in [2.05, 4.69) is 20.9 Å². The standard InChI is InChI=1S/C12H16N4O2/c17-11-9(5-1-3-8-14-11)15-12(18)16-10-6-2-4-7-13-10/h2,4,6-7,9H,1,3,5,8H2,(H,14,17)(H2,13,15,16,18). The van der Waals surface area contributed by atoms with Crippen LogP contribution in [0.15, 0.2) is 24.4 Å². The van der Waals surface area contributed by atoms with Crippen LogP contribution in [-0.4, -0.2) is 29.5 Å². The first-order chi connectivity index (χ1) is 8.75. The largest absolute Gasteiger partial charge is 0.354 e. The molecule has 0 spiro atoms. The van der Waals surface area contributed by atoms with Crippen LogP contribution in [0.4, 0.5) is 10.6 Å². The van der Waals surface area contributed by atoms with Crippen molar-refractivity contribution in [2.75, 3.05) is 11.9 Å². The van der Waals surface area contributed by atoms with Crippen LogP contribution in [0.3, 0.4) is 0 Å². The fourth-order valence-electron chi connectivity index (χ4n) is 1.82. The van der Waals surface area contributed by atoms with Crippen molar-refractivity contribution in [3.05, 3.63) is 24.4 Å². The predicted octanol–water partition coefficient (Wildman–Crippen LogP) is 0.872. The quantitative estimate of drug-likeness (QED) is 0.726. The second-order valence-corrected chi connectivity index (χ2v) is 4.15. The van der Waals surface area contributed by atoms with Crippen molar-refractivity contribution in [1.82, 2.24) is 15.6 Å². The Labute approximate surface area is 105 Å². The van der Waals surface area contributed by atoms with Gasteiger partial charge in [-0.05, 0) is 31.4 Å². The molecule has 0 bridgehead atoms. The van der Waals surface area contributed by atoms with Gasteiger partial charge in [0, 0.05) is 12.7 Å². The van der Waals surface area contributed by atoms with Crippen LogP contribution >= 0.6 is 0 Å². The van der Waals surface area contributed by atoms with Gasteiger partial charge < -0.3 is 10.6 Å². The molecular formula is C12H16N4O2. The Morgan fingerprint density at radius 2 is 2.28 bits per heavy atom. The molecule has 18 heavy (non-hydrogen) atoms. The van der Waals surface area contributed by atoms with Crippen LogP contribution in [0.1, 0.15) is 19.3 Å². The Hall–Kier alpha value is -2.11. The number of hydrogen-bond donors (Lipinski definition) is 3. The van der Waals surface area contributed by atoms with Crippen molar-refractivity contribution >= 4 is 17.8 Å². The van der Waals surface area contributed by atoms with E-state index in [1.165, 1.54) is 0 Å². The fourth-order valence-corrected chi connectivity index (χ4v) is 1.82. The number of carbonyl (C=O) groups is 2. The highest BCUT2D eigenvalue weighted by atomic mass is 16.2. The minimum absolute atomic E-state index is 0.122. The Balaban J connectivity index is 1.88. The Bertz CT molecular complexity index is 421. The van der Waals surface area contributed by atoms with Crippen molar-refractivity contribution in [1.29, 1.82) is 0 Å². The summed E-state index contributed by atoms with van der Waals surface area (Å²) in [6, 6.07) is 4.36. The summed E-state index contributed by atoms with van der Waals surface area (Å²) in [4.78, 5) is 27.3. The zero-order valence-electron chi connectivity index (χ0n) is 9.98. The van der Waals surface area contributed by atoms with Gasteiger partial charge in [0.2, 0.25) is 5.91 Å². The highest BCUT2D eigenvalue weighted by Gasteiger charge is 2.22. The maximum absolute atomic E-state index is 11.7. The molecule has 1 aromatic rings. The summed E-state index contributed by atoms with van der Waals surface area (Å²) in [5.41, 5.74) is 0. The number of amides is 3. The third kappa shape index (κ3) is 3.44. The topological polar surface area (TPSA) is 83.1 Å². The summed E-state index contributed by atoms with van der Waals surface area (Å²) in [7, 11) is 0. The summed E-state index contributed by atoms with van der Waals surface area (Å²) in [6.07, 6.45) is 4.13. The summed E-state index contributed by atoms with van der Waals surface area (Å²) >= 11 is 0. The lowest BCUT2D eigenvalue weighted by atomic mass is 10.1. The molecule has 0 aromatic carbocycles. The molecule has 2 heterocycles. The number of anilines is 1. The number of pyridine rings is 1. The van der Waals surface area contributed by atoms with Crippen molar-refractivity contribution in [2.24, 2.45) is 0 Å². The lowest BCUT2D eigenvalue weighted by Gasteiger charge is -2.15. The average molecular weight is 248 g/mol. The maximum atomic E-state index is 11.7. The van der Waals surface area contributed by atoms with Crippen LogP contribution in [-0.2, 0) is 4.79 Å². The number of nitrogens with one attached hydrogen (secondary N) is 3. The van der Waals surface area contributed by atoms with Gasteiger partial charge in [-0.3, -0.25) is 10.1 Å². The van der Waals surface area contributed by atoms with E-state index in [1.807, 2.05) is 0 Å². The van der Waals surface area contributed by atoms with Crippen molar-refractivity contribution in [3.63, 3.8) is 0 Å². The third-order valence-electron chi connectivity index (χ3n) is 2.75. The summed E-state index contributed by atoms with van der Waals surface area (Å²) in [5, 5.41) is 8.01. The second-order valence-electron chi connectivity index (χ2n) is 4.15. The summed E-state index contributed by atoms with van der Waals surface area (Å²) in [6.45, 7) is 0.679. The molecule has 0 aliphatic carbocycles. The SMILES string of the molecule is O=C(Nc1ccccn1)NC1CCCCNC1=O. The Morgan fingerprint density at radius 1 is 1.39 bits per heavy atom. The van der Waals surface area contributed by atoms with Crippen LogP contribution in [0.5, 0.6) is 0 Å². The minimum atomic E-state index is -0.462. The molecule has 1 aliphatic rings. The van der Waals surface area contributed by atoms with E-state index in [4.69, 9.17) is 0 Å². The predicted molar refractivity (Wildman–Crippen MR) is 67.0 cm³/mol. The number of rotatable bonds is 2. The third-order valence-corrected chi connectivity index (χ3v) is 2.75. The van der Waals surface area contributed by atoms with Gasteiger partial charge in [-0.2, -0.15) is 0 Å². The van der Waals surface area contributed by atoms with Gasteiger partial charge in [-0.1, -0.05) is 6.07 Å². The molecule has 1 atom stereocenters. The molecule has 1 aromatic heterocycles. The van der Waals surface area contributed by atoms with E-state index in [9.17, 15) is 9.59 Å². The lowest BCUT2D eigenvalue weighted by Crippen LogP contribution is -2.47. The van der Waals surface area contributed by atoms with Crippen molar-refractivity contribution in [2.45, 2.75) is 25.3 Å². The minimum Gasteiger partial charge on any atom is -0.354 e. The molecule has 0 radical (unpaired) electrons. The number of nitrogens with zero attached hydrogens (tertiary/aromatic N) is 1. The first-order valence-corrected chi connectivity index (χ1v) is 6.02. The molecule has 1 aliphatic heterocycles. The van der Waals surface area contributed by atoms with Gasteiger partial charge in [0.1, 0.15) is 11.9 Å². The van der Waals surface area contributed by atoms with Crippen LogP contribution in [0.25, 0.3) is 0 Å². The van der Waals surface area contributed by atoms with Gasteiger partial charge in [-0.25, -0.2) is 9.78 Å². The number of carbonyl (C=O) groups excluding carboxylic acids is 2. The normalized spacial score (nSPS) is 19.6. The summed E-state index contributed by atoms with van der Waals surface area (Å²) < 4.78 is 0. The number of urea groups is 1. The maximum Gasteiger partial charge on any atom is 0.321 e. The first-order valence-electron chi connectivity index (χ1n) is 6.02. The van der Waals surface area contributed by atoms with Gasteiger partial charge in [0.25, 0.3) is 0 Å². The van der Waals surface area contributed by atoms with E-state index in [0.717, 1.165) is 12.8 Å². The molecule has 1 unspecified atom stereocenters. The van der Waals surface area contributed by atoms with E-state index in [-0.39, 0.29) is 5.91 Å². The monoisotopic (exact) mass is 248 g/mol. The molecule has 1 saturated heterocycles. The Morgan fingerprint density at radius 3 is 3.06 bits per heavy atom. The number of aromatic nitrogens is 1. The smallest absolute Gasteiger partial charge is 0.321 e. The number of hydrogen-bond acceptors (Lipinski definition) is 3. The molecule has 96 valence electrons. The zero-order chi connectivity index (χ0) is 12.8. The van der Waals surface area contributed by atoms with Crippen LogP contribution in [0.2, 0.25) is 0 Å². The van der Waals surface area contributed by atoms with Gasteiger partial charge in [0.05, 0.1) is 0 Å². The molecule has 2 rings (SSSR count). The molecule has 6 nitrogen and oxygen atoms in total. The molecule has 3 amide bonds. The van der Waals surface area contributed by atoms with Gasteiger partial charge in [0.15, 0.2) is 0 Å². The summed E-state index contributed by atoms with van der Waals surface area (Å²) in [5.74, 6) is 0.340. The van der Waals surface area contributed by atoms with Gasteiger partial charge in [-0.15, -0.1) is 0 Å². The molecule has 1 fully saturated rings. The van der Waals surface area contributed by atoms with Crippen LogP contribution in [0, 0.1) is 0 Å². The fraction of sp³-hybridized carbons (Fsp3) is 0.417. The van der Waals surface area contributed by atoms with Crippen molar-refractivity contribution in [3.8, 4) is 0 Å². The molecule has 6 heteroatoms. The Kier molecular flexibility index (Phi) is 4.11. The average Bonchev–Trinajstić information content (AvgIpc) is 2.56. The van der Waals surface area contributed by atoms with E-state index < -0.39 is 12.1 Å². The van der Waals surface area contributed by atoms with Crippen LogP contribution < -0.4 is 16.0 Å². The molecule has 3 N–H and O–H groups in total. The van der Waals surface area contributed by atoms with E-state index in [1.54, 1.807) is 24.4 Å². The lowest BCUT2D eigenvalue weighted by molar-refractivity contribution is -0.122. The molecular weight excluding hydrogens is 232 g/mol. The molecule has 0 saturated carbocycles. The second kappa shape index (κ2) is 6.00. The highest BCUT2D eigenvalue weighted by Crippen LogP contribution is 2.06. The van der Waals surface area contributed by atoms with E-state index in [0.29, 0.717) is 18.8 Å². The zero-order valence-corrected chi connectivity index (χ0v) is 9.98.